The Morgan fingerprint density at radius 2 is 0.735 bits per heavy atom. The van der Waals surface area contributed by atoms with Crippen molar-refractivity contribution in [2.24, 2.45) is 22.3 Å². The molecule has 0 atom stereocenters. The van der Waals surface area contributed by atoms with E-state index < -0.39 is 0 Å². The first kappa shape index (κ1) is 38.4. The first-order valence-corrected chi connectivity index (χ1v) is 14.9. The van der Waals surface area contributed by atoms with Crippen LogP contribution in [0.4, 0.5) is 0 Å². The van der Waals surface area contributed by atoms with Gasteiger partial charge in [-0.15, -0.1) is 0 Å². The van der Waals surface area contributed by atoms with Crippen molar-refractivity contribution in [3.05, 3.63) is 0 Å². The molecule has 0 rings (SSSR count). The molecule has 8 N–H and O–H groups in total. The Morgan fingerprint density at radius 3 is 1.06 bits per heavy atom. The van der Waals surface area contributed by atoms with Gasteiger partial charge in [0.2, 0.25) is 0 Å². The molecule has 0 aromatic carbocycles. The third-order valence-electron chi connectivity index (χ3n) is 8.71. The molecule has 0 amide bonds. The van der Waals surface area contributed by atoms with Crippen LogP contribution in [0.3, 0.4) is 0 Å². The van der Waals surface area contributed by atoms with Gasteiger partial charge < -0.3 is 22.4 Å². The maximum atomic E-state index is 7.80. The minimum atomic E-state index is -0.0422. The van der Waals surface area contributed by atoms with Gasteiger partial charge in [0.15, 0.2) is 0 Å². The van der Waals surface area contributed by atoms with Crippen LogP contribution >= 0.6 is 0 Å². The Labute approximate surface area is 215 Å². The molecular formula is C30H68N2O2. The van der Waals surface area contributed by atoms with Crippen LogP contribution in [0.25, 0.3) is 0 Å². The molecule has 0 saturated carbocycles. The molecular weight excluding hydrogens is 420 g/mol. The molecule has 0 spiro atoms. The first-order chi connectivity index (χ1) is 15.4. The third kappa shape index (κ3) is 10.8. The molecule has 0 aliphatic heterocycles. The highest BCUT2D eigenvalue weighted by atomic mass is 16.0. The lowest BCUT2D eigenvalue weighted by Crippen LogP contribution is -2.63. The van der Waals surface area contributed by atoms with Gasteiger partial charge in [-0.05, 0) is 68.7 Å². The average molecular weight is 489 g/mol. The fourth-order valence-electron chi connectivity index (χ4n) is 6.79. The van der Waals surface area contributed by atoms with Gasteiger partial charge in [-0.1, -0.05) is 119 Å². The number of hydrogen-bond acceptors (Lipinski definition) is 2. The number of hydrogen-bond donors (Lipinski definition) is 2. The summed E-state index contributed by atoms with van der Waals surface area (Å²) in [6.07, 6.45) is 25.7. The van der Waals surface area contributed by atoms with Gasteiger partial charge in [0.05, 0.1) is 0 Å². The first-order valence-electron chi connectivity index (χ1n) is 14.9. The van der Waals surface area contributed by atoms with E-state index in [1.54, 1.807) is 0 Å². The zero-order chi connectivity index (χ0) is 24.3. The zero-order valence-corrected chi connectivity index (χ0v) is 24.5. The lowest BCUT2D eigenvalue weighted by Gasteiger charge is -2.62. The molecule has 0 saturated heterocycles. The molecule has 0 aromatic heterocycles. The highest BCUT2D eigenvalue weighted by Gasteiger charge is 2.58. The normalized spacial score (nSPS) is 12.4. The Balaban J connectivity index is -0.00000480. The minimum absolute atomic E-state index is 0. The second kappa shape index (κ2) is 22.1. The fraction of sp³-hybridized carbons (Fsp3) is 1.00. The molecule has 0 aliphatic carbocycles. The van der Waals surface area contributed by atoms with Crippen LogP contribution in [0.2, 0.25) is 0 Å². The van der Waals surface area contributed by atoms with Crippen LogP contribution in [0.5, 0.6) is 0 Å². The molecule has 4 heteroatoms. The Kier molecular flexibility index (Phi) is 24.9. The van der Waals surface area contributed by atoms with Gasteiger partial charge >= 0.3 is 0 Å². The smallest absolute Gasteiger partial charge is 0.0216 e. The molecule has 0 radical (unpaired) electrons. The van der Waals surface area contributed by atoms with Gasteiger partial charge in [-0.25, -0.2) is 0 Å². The summed E-state index contributed by atoms with van der Waals surface area (Å²) in [7, 11) is 0. The van der Waals surface area contributed by atoms with Crippen molar-refractivity contribution in [1.29, 1.82) is 0 Å². The van der Waals surface area contributed by atoms with E-state index in [-0.39, 0.29) is 21.9 Å². The second-order valence-corrected chi connectivity index (χ2v) is 11.0. The quantitative estimate of drug-likeness (QED) is 0.152. The Morgan fingerprint density at radius 1 is 0.441 bits per heavy atom. The van der Waals surface area contributed by atoms with Crippen molar-refractivity contribution in [3.8, 4) is 0 Å². The molecule has 0 bridgehead atoms. The molecule has 0 aromatic rings. The summed E-state index contributed by atoms with van der Waals surface area (Å²) in [6.45, 7) is 15.0. The summed E-state index contributed by atoms with van der Waals surface area (Å²) in [5.74, 6) is 0. The van der Waals surface area contributed by atoms with E-state index in [2.05, 4.69) is 41.5 Å². The molecule has 0 aliphatic rings. The summed E-state index contributed by atoms with van der Waals surface area (Å²) in [6, 6.07) is 0. The highest BCUT2D eigenvalue weighted by molar-refractivity contribution is 5.11. The lowest BCUT2D eigenvalue weighted by molar-refractivity contribution is -0.0892. The number of unbranched alkanes of at least 4 members (excludes halogenated alkanes) is 6. The minimum Gasteiger partial charge on any atom is -0.412 e. The van der Waals surface area contributed by atoms with Gasteiger partial charge in [0.25, 0.3) is 0 Å². The summed E-state index contributed by atoms with van der Waals surface area (Å²) in [5.41, 5.74) is 14.5. The van der Waals surface area contributed by atoms with Crippen molar-refractivity contribution in [2.45, 2.75) is 175 Å². The highest BCUT2D eigenvalue weighted by Crippen LogP contribution is 2.62. The van der Waals surface area contributed by atoms with E-state index in [9.17, 15) is 0 Å². The standard InChI is InChI=1S/C30H64N2.2H2O/c1-7-13-20-28(21-14-8-2,22-19-27-31)29(23-15-9-3,24-16-10-4)30(32,25-17-11-5)26-18-12-6;;/h7-27,31-32H2,1-6H3;2*1H2. The molecule has 0 fully saturated rings. The SMILES string of the molecule is CCCCC(N)(CCCC)C(CCCC)(CCCC)C(CCCC)(CCCC)CCCN.O.O. The average Bonchev–Trinajstić information content (AvgIpc) is 2.81. The number of rotatable bonds is 23. The van der Waals surface area contributed by atoms with Crippen LogP contribution in [0, 0.1) is 10.8 Å². The van der Waals surface area contributed by atoms with Crippen LogP contribution < -0.4 is 11.5 Å². The molecule has 210 valence electrons. The van der Waals surface area contributed by atoms with Crippen LogP contribution in [0.15, 0.2) is 0 Å². The summed E-state index contributed by atoms with van der Waals surface area (Å²) in [4.78, 5) is 0. The van der Waals surface area contributed by atoms with Gasteiger partial charge in [-0.3, -0.25) is 0 Å². The molecule has 0 heterocycles. The fourth-order valence-corrected chi connectivity index (χ4v) is 6.79. The molecule has 0 unspecified atom stereocenters. The monoisotopic (exact) mass is 489 g/mol. The topological polar surface area (TPSA) is 115 Å². The van der Waals surface area contributed by atoms with Crippen LogP contribution in [-0.4, -0.2) is 23.0 Å². The lowest BCUT2D eigenvalue weighted by atomic mass is 9.45. The maximum absolute atomic E-state index is 7.80. The van der Waals surface area contributed by atoms with E-state index in [0.29, 0.717) is 5.41 Å². The summed E-state index contributed by atoms with van der Waals surface area (Å²) in [5, 5.41) is 0. The summed E-state index contributed by atoms with van der Waals surface area (Å²) < 4.78 is 0. The van der Waals surface area contributed by atoms with Crippen molar-refractivity contribution >= 4 is 0 Å². The number of nitrogens with two attached hydrogens (primary N) is 2. The van der Waals surface area contributed by atoms with E-state index in [1.807, 2.05) is 0 Å². The Hall–Kier alpha value is -0.160. The van der Waals surface area contributed by atoms with Crippen LogP contribution in [0.1, 0.15) is 170 Å². The molecule has 4 nitrogen and oxygen atoms in total. The van der Waals surface area contributed by atoms with Crippen molar-refractivity contribution < 1.29 is 11.0 Å². The van der Waals surface area contributed by atoms with Crippen molar-refractivity contribution in [2.75, 3.05) is 6.54 Å². The van der Waals surface area contributed by atoms with Gasteiger partial charge in [0.1, 0.15) is 0 Å². The zero-order valence-electron chi connectivity index (χ0n) is 24.5. The van der Waals surface area contributed by atoms with Crippen molar-refractivity contribution in [1.82, 2.24) is 0 Å². The maximum Gasteiger partial charge on any atom is 0.0216 e. The molecule has 34 heavy (non-hydrogen) atoms. The van der Waals surface area contributed by atoms with E-state index in [0.717, 1.165) is 13.0 Å². The third-order valence-corrected chi connectivity index (χ3v) is 8.71. The second-order valence-electron chi connectivity index (χ2n) is 11.0. The van der Waals surface area contributed by atoms with E-state index in [4.69, 9.17) is 11.5 Å². The Bertz CT molecular complexity index is 390. The largest absolute Gasteiger partial charge is 0.412 e. The van der Waals surface area contributed by atoms with Crippen LogP contribution in [-0.2, 0) is 0 Å². The van der Waals surface area contributed by atoms with Gasteiger partial charge in [0, 0.05) is 5.54 Å². The van der Waals surface area contributed by atoms with E-state index >= 15 is 0 Å². The summed E-state index contributed by atoms with van der Waals surface area (Å²) >= 11 is 0. The van der Waals surface area contributed by atoms with Crippen molar-refractivity contribution in [3.63, 3.8) is 0 Å². The van der Waals surface area contributed by atoms with Gasteiger partial charge in [-0.2, -0.15) is 0 Å². The predicted octanol–water partition coefficient (Wildman–Crippen LogP) is 7.89. The van der Waals surface area contributed by atoms with E-state index in [1.165, 1.54) is 122 Å². The predicted molar refractivity (Wildman–Crippen MR) is 154 cm³/mol.